The summed E-state index contributed by atoms with van der Waals surface area (Å²) in [4.78, 5) is 66.0. The lowest BCUT2D eigenvalue weighted by Gasteiger charge is -2.13. The van der Waals surface area contributed by atoms with Crippen LogP contribution in [0, 0.1) is 45.5 Å². The van der Waals surface area contributed by atoms with Gasteiger partial charge in [0.1, 0.15) is 5.76 Å². The molecule has 3 aliphatic carbocycles. The van der Waals surface area contributed by atoms with Crippen molar-refractivity contribution >= 4 is 156 Å². The molecule has 6 aromatic carbocycles. The molecule has 15 nitrogen and oxygen atoms in total. The number of carbonyl (C=O) groups is 2. The number of carbonyl (C=O) groups excluding carboxylic acids is 2. The van der Waals surface area contributed by atoms with Crippen molar-refractivity contribution in [3.8, 4) is 78.6 Å². The first-order valence-corrected chi connectivity index (χ1v) is 49.2. The van der Waals surface area contributed by atoms with Crippen molar-refractivity contribution in [2.45, 2.75) is 158 Å². The average molecular weight is 1920 g/mol. The number of anilines is 4. The highest BCUT2D eigenvalue weighted by molar-refractivity contribution is 7.20. The van der Waals surface area contributed by atoms with Crippen LogP contribution in [0.25, 0.3) is 59.5 Å². The average Bonchev–Trinajstić information content (AvgIpc) is 1.56. The highest BCUT2D eigenvalue weighted by atomic mass is 35.5. The Morgan fingerprint density at radius 2 is 0.841 bits per heavy atom. The molecule has 18 rings (SSSR count). The molecule has 1 amide bonds. The topological polar surface area (TPSA) is 214 Å². The maximum atomic E-state index is 12.0. The zero-order valence-electron chi connectivity index (χ0n) is 74.7. The van der Waals surface area contributed by atoms with E-state index in [1.807, 2.05) is 154 Å². The fraction of sp³-hybridized carbons (Fsp3) is 0.234. The molecule has 15 aromatic rings. The Morgan fingerprint density at radius 1 is 0.447 bits per heavy atom. The number of benzene rings is 6. The second-order valence-electron chi connectivity index (χ2n) is 32.3. The first kappa shape index (κ1) is 96.6. The second-order valence-corrected chi connectivity index (χ2v) is 39.6. The SMILES string of the molecule is C#CCc1ccc(Cc2nc(-c3cccc(Cl)c3)nc(C)c2CC)cc1.C#CCc1ccc(Nc2cc(-c3ccc(Cl)s3)nc3c2CCC3)cc1.CCc1c(C)nc(-c2ccc(Cl)s2)nc1Cc1ccc(B(C)O)cc1.CCc1c(C)nc(-c2ccc(Cl)s2)nc1Cc1ccc(C2=C(O)CCC2=O)cc1.CNC(=O)Cc1ccc(Nc2cc(-c3ccc(Cl)s3)nc3c2CCC3)cc1. The molecule has 3 aliphatic rings. The predicted octanol–water partition coefficient (Wildman–Crippen LogP) is 26.4. The van der Waals surface area contributed by atoms with E-state index < -0.39 is 6.92 Å². The normalized spacial score (nSPS) is 12.2. The number of aliphatic hydroxyl groups is 1. The van der Waals surface area contributed by atoms with Crippen LogP contribution < -0.4 is 21.4 Å². The third kappa shape index (κ3) is 25.1. The molecule has 0 saturated carbocycles. The van der Waals surface area contributed by atoms with E-state index in [4.69, 9.17) is 101 Å². The van der Waals surface area contributed by atoms with Gasteiger partial charge < -0.3 is 26.1 Å². The minimum Gasteiger partial charge on any atom is -0.512 e. The van der Waals surface area contributed by atoms with Crippen LogP contribution in [-0.2, 0) is 93.1 Å². The maximum absolute atomic E-state index is 12.0. The molecule has 5 N–H and O–H groups in total. The van der Waals surface area contributed by atoms with Crippen LogP contribution >= 0.6 is 103 Å². The number of nitrogens with zero attached hydrogens (tertiary/aromatic N) is 8. The Morgan fingerprint density at radius 3 is 1.23 bits per heavy atom. The summed E-state index contributed by atoms with van der Waals surface area (Å²) in [5.74, 6) is 7.74. The summed E-state index contributed by atoms with van der Waals surface area (Å²) < 4.78 is 3.02. The molecule has 0 radical (unpaired) electrons. The molecule has 25 heteroatoms. The van der Waals surface area contributed by atoms with Gasteiger partial charge in [-0.25, -0.2) is 29.9 Å². The van der Waals surface area contributed by atoms with Crippen molar-refractivity contribution in [3.63, 3.8) is 0 Å². The number of rotatable bonds is 24. The van der Waals surface area contributed by atoms with Crippen molar-refractivity contribution < 1.29 is 19.7 Å². The van der Waals surface area contributed by atoms with E-state index in [0.29, 0.717) is 54.9 Å². The molecule has 0 saturated heterocycles. The van der Waals surface area contributed by atoms with Crippen molar-refractivity contribution in [3.05, 3.63) is 347 Å². The smallest absolute Gasteiger partial charge is 0.320 e. The summed E-state index contributed by atoms with van der Waals surface area (Å²) in [6.45, 7) is 13.8. The molecule has 0 spiro atoms. The molecule has 0 fully saturated rings. The van der Waals surface area contributed by atoms with E-state index in [1.54, 1.807) is 36.5 Å². The highest BCUT2D eigenvalue weighted by Crippen LogP contribution is 2.41. The Hall–Kier alpha value is -11.5. The van der Waals surface area contributed by atoms with Crippen LogP contribution in [0.4, 0.5) is 22.7 Å². The van der Waals surface area contributed by atoms with Crippen LogP contribution in [0.2, 0.25) is 29.2 Å². The number of Topliss-reactive ketones (excluding diaryl/α,β-unsaturated/α-hetero) is 1. The number of terminal acetylenes is 2. The van der Waals surface area contributed by atoms with E-state index >= 15 is 0 Å². The van der Waals surface area contributed by atoms with E-state index in [-0.39, 0.29) is 17.4 Å². The third-order valence-electron chi connectivity index (χ3n) is 23.1. The number of ketones is 1. The number of aryl methyl sites for hydroxylation is 5. The minimum atomic E-state index is -0.447. The zero-order valence-corrected chi connectivity index (χ0v) is 81.7. The van der Waals surface area contributed by atoms with Gasteiger partial charge in [-0.05, 0) is 248 Å². The number of nitrogens with one attached hydrogen (secondary N) is 3. The monoisotopic (exact) mass is 1920 g/mol. The van der Waals surface area contributed by atoms with E-state index in [2.05, 4.69) is 131 Å². The number of aliphatic hydroxyl groups excluding tert-OH is 1. The molecular weight excluding hydrogens is 1820 g/mol. The fourth-order valence-corrected chi connectivity index (χ4v) is 20.5. The summed E-state index contributed by atoms with van der Waals surface area (Å²) >= 11 is 36.6. The van der Waals surface area contributed by atoms with E-state index in [1.165, 1.54) is 67.4 Å². The first-order chi connectivity index (χ1) is 63.9. The van der Waals surface area contributed by atoms with Crippen LogP contribution in [0.3, 0.4) is 0 Å². The molecule has 668 valence electrons. The predicted molar refractivity (Wildman–Crippen MR) is 552 cm³/mol. The molecule has 0 unspecified atom stereocenters. The molecule has 0 aliphatic heterocycles. The van der Waals surface area contributed by atoms with E-state index in [0.717, 1.165) is 232 Å². The Labute approximate surface area is 814 Å². The summed E-state index contributed by atoms with van der Waals surface area (Å²) in [5, 5.41) is 30.1. The van der Waals surface area contributed by atoms with Crippen LogP contribution in [0.5, 0.6) is 0 Å². The number of pyridine rings is 2. The van der Waals surface area contributed by atoms with Crippen LogP contribution in [0.15, 0.2) is 212 Å². The lowest BCUT2D eigenvalue weighted by Crippen LogP contribution is -2.25. The minimum absolute atomic E-state index is 0.00851. The van der Waals surface area contributed by atoms with Crippen molar-refractivity contribution in [2.75, 3.05) is 17.7 Å². The lowest BCUT2D eigenvalue weighted by molar-refractivity contribution is -0.120. The summed E-state index contributed by atoms with van der Waals surface area (Å²) in [6.07, 6.45) is 24.6. The summed E-state index contributed by atoms with van der Waals surface area (Å²) in [5.41, 5.74) is 30.9. The zero-order chi connectivity index (χ0) is 93.1. The number of amides is 1. The second kappa shape index (κ2) is 45.8. The number of hydrogen-bond donors (Lipinski definition) is 5. The van der Waals surface area contributed by atoms with Crippen LogP contribution in [0.1, 0.15) is 159 Å². The van der Waals surface area contributed by atoms with Gasteiger partial charge in [-0.1, -0.05) is 195 Å². The van der Waals surface area contributed by atoms with Gasteiger partial charge in [-0.15, -0.1) is 70.0 Å². The Balaban J connectivity index is 0.000000133. The van der Waals surface area contributed by atoms with Gasteiger partial charge in [0, 0.05) is 114 Å². The summed E-state index contributed by atoms with van der Waals surface area (Å²) in [6, 6.07) is 68.1. The van der Waals surface area contributed by atoms with Gasteiger partial charge in [0.2, 0.25) is 5.91 Å². The Kier molecular flexibility index (Phi) is 33.5. The van der Waals surface area contributed by atoms with Crippen molar-refractivity contribution in [1.29, 1.82) is 0 Å². The molecular formula is C107H99BCl5N11O4S4. The third-order valence-corrected chi connectivity index (χ3v) is 28.3. The highest BCUT2D eigenvalue weighted by Gasteiger charge is 2.27. The molecule has 132 heavy (non-hydrogen) atoms. The first-order valence-electron chi connectivity index (χ1n) is 44.0. The van der Waals surface area contributed by atoms with Gasteiger partial charge in [-0.3, -0.25) is 19.6 Å². The molecule has 9 aromatic heterocycles. The van der Waals surface area contributed by atoms with Crippen molar-refractivity contribution in [2.24, 2.45) is 0 Å². The molecule has 0 bridgehead atoms. The van der Waals surface area contributed by atoms with Crippen molar-refractivity contribution in [1.82, 2.24) is 45.2 Å². The van der Waals surface area contributed by atoms with Gasteiger partial charge in [-0.2, -0.15) is 0 Å². The van der Waals surface area contributed by atoms with Gasteiger partial charge in [0.05, 0.1) is 77.3 Å². The lowest BCUT2D eigenvalue weighted by atomic mass is 9.64. The van der Waals surface area contributed by atoms with E-state index in [9.17, 15) is 19.7 Å². The number of likely N-dealkylation sites (N-methyl/N-ethyl adjacent to an activating group) is 1. The summed E-state index contributed by atoms with van der Waals surface area (Å²) in [7, 11) is 1.65. The number of fused-ring (bicyclic) bond motifs is 2. The maximum Gasteiger partial charge on any atom is 0.320 e. The number of hydrogen-bond acceptors (Lipinski definition) is 18. The van der Waals surface area contributed by atoms with Gasteiger partial charge >= 0.3 is 6.92 Å². The number of halogens is 5. The molecule has 9 heterocycles. The van der Waals surface area contributed by atoms with Gasteiger partial charge in [0.15, 0.2) is 23.3 Å². The Bertz CT molecular complexity index is 6760. The fourth-order valence-electron chi connectivity index (χ4n) is 16.4. The number of aromatic nitrogens is 8. The quantitative estimate of drug-likeness (QED) is 0.0281. The number of thiophene rings is 4. The molecule has 0 atom stereocenters. The number of allylic oxidation sites excluding steroid dienone is 2. The largest absolute Gasteiger partial charge is 0.512 e. The van der Waals surface area contributed by atoms with Crippen LogP contribution in [-0.4, -0.2) is 75.7 Å². The standard InChI is InChI=1S/C23H21ClN2O2S.C23H21ClN2.C21H20ClN3OS.C21H17ClN2S.C19H20BClN2OS/c1-3-16-13(2)25-23(20-10-11-21(24)29-20)26-17(16)12-14-4-6-15(7-5-14)22-18(27)8-9-19(22)28;1-4-7-17-10-12-18(13-11-17)14-22-21(5-2)16(3)25-23(26-22)19-8-6-9-20(24)15-19;1-23-21(26)11-13-5-7-14(8-6-13)24-17-12-18(19-9-10-20(22)27-19)25-16-4-2-3-15(16)17;1-2-4-14-7-9-15(10-8-14)23-18-13-19(20-11-12-21(22)25-20)24-17-6-3-5-16(17)18;1-4-15-12(2)22-19(17-9-10-18(21)25-17)23-16(15)11-13-5-7-14(8-6-13)20(3)24/h4-7,10-11,27H,3,8-9,12H2,1-2H3;1,6,8-13,15H,5,7,14H2,2-3H3;5-10,12H,2-4,11H2,1H3,(H,23,26)(H,24,25);1,7-13H,3-6H2,(H,23,24);5-10,24H,4,11H2,1-3H3. The van der Waals surface area contributed by atoms with Gasteiger partial charge in [0.25, 0.3) is 0 Å².